The van der Waals surface area contributed by atoms with Gasteiger partial charge in [-0.15, -0.1) is 6.58 Å². The van der Waals surface area contributed by atoms with Crippen LogP contribution in [0.2, 0.25) is 11.1 Å². The highest BCUT2D eigenvalue weighted by atomic mass is 14.3. The molecule has 0 aliphatic carbocycles. The average Bonchev–Trinajstić information content (AvgIpc) is 2.34. The monoisotopic (exact) mass is 232 g/mol. The number of fused-ring (bicyclic) bond motifs is 2. The Morgan fingerprint density at radius 3 is 2.47 bits per heavy atom. The van der Waals surface area contributed by atoms with Crippen molar-refractivity contribution in [2.45, 2.75) is 88.2 Å². The Hall–Kier alpha value is -0.195. The van der Waals surface area contributed by atoms with E-state index in [4.69, 9.17) is 0 Å². The summed E-state index contributed by atoms with van der Waals surface area (Å²) in [6.07, 6.45) is 19.8. The van der Waals surface area contributed by atoms with Gasteiger partial charge in [-0.2, -0.15) is 0 Å². The van der Waals surface area contributed by atoms with Gasteiger partial charge < -0.3 is 0 Å². The Bertz CT molecular complexity index is 224. The van der Waals surface area contributed by atoms with Crippen molar-refractivity contribution in [1.29, 1.82) is 0 Å². The van der Waals surface area contributed by atoms with Crippen molar-refractivity contribution >= 4 is 7.28 Å². The molecule has 0 aromatic carbocycles. The van der Waals surface area contributed by atoms with Crippen molar-refractivity contribution in [2.24, 2.45) is 0 Å². The van der Waals surface area contributed by atoms with E-state index in [1.54, 1.807) is 33.0 Å². The third kappa shape index (κ3) is 3.90. The zero-order valence-corrected chi connectivity index (χ0v) is 11.6. The van der Waals surface area contributed by atoms with Gasteiger partial charge in [0.05, 0.1) is 0 Å². The van der Waals surface area contributed by atoms with Crippen molar-refractivity contribution < 1.29 is 0 Å². The number of rotatable bonds is 7. The zero-order chi connectivity index (χ0) is 12.0. The molecular formula is C16H29B. The highest BCUT2D eigenvalue weighted by Crippen LogP contribution is 2.54. The first-order chi connectivity index (χ1) is 8.35. The van der Waals surface area contributed by atoms with E-state index in [-0.39, 0.29) is 0 Å². The maximum Gasteiger partial charge on any atom is 0.131 e. The summed E-state index contributed by atoms with van der Waals surface area (Å²) >= 11 is 0. The fraction of sp³-hybridized carbons (Fsp3) is 0.875. The lowest BCUT2D eigenvalue weighted by molar-refractivity contribution is 0.323. The second-order valence-corrected chi connectivity index (χ2v) is 6.60. The molecule has 2 aliphatic heterocycles. The van der Waals surface area contributed by atoms with E-state index < -0.39 is 0 Å². The summed E-state index contributed by atoms with van der Waals surface area (Å²) in [7, 11) is 1.58. The van der Waals surface area contributed by atoms with Crippen LogP contribution in [0.4, 0.5) is 0 Å². The lowest BCUT2D eigenvalue weighted by Crippen LogP contribution is -2.32. The molecule has 0 spiro atoms. The van der Waals surface area contributed by atoms with E-state index in [9.17, 15) is 0 Å². The molecule has 2 aliphatic rings. The van der Waals surface area contributed by atoms with Gasteiger partial charge >= 0.3 is 0 Å². The highest BCUT2D eigenvalue weighted by Gasteiger charge is 2.39. The van der Waals surface area contributed by atoms with Gasteiger partial charge in [-0.05, 0) is 12.8 Å². The van der Waals surface area contributed by atoms with E-state index in [1.165, 1.54) is 51.4 Å². The summed E-state index contributed by atoms with van der Waals surface area (Å²) in [5, 5.41) is 0.805. The number of hydrogen-bond acceptors (Lipinski definition) is 0. The first kappa shape index (κ1) is 13.2. The minimum atomic E-state index is 0.805. The van der Waals surface area contributed by atoms with E-state index in [1.807, 2.05) is 0 Å². The predicted molar refractivity (Wildman–Crippen MR) is 79.2 cm³/mol. The van der Waals surface area contributed by atoms with Crippen LogP contribution < -0.4 is 0 Å². The summed E-state index contributed by atoms with van der Waals surface area (Å²) in [6, 6.07) is 0. The van der Waals surface area contributed by atoms with Crippen molar-refractivity contribution in [3.8, 4) is 0 Å². The second kappa shape index (κ2) is 6.66. The van der Waals surface area contributed by atoms with Gasteiger partial charge in [0.1, 0.15) is 7.28 Å². The second-order valence-electron chi connectivity index (χ2n) is 6.60. The van der Waals surface area contributed by atoms with Crippen molar-refractivity contribution in [3.05, 3.63) is 12.7 Å². The third-order valence-corrected chi connectivity index (χ3v) is 5.23. The summed E-state index contributed by atoms with van der Waals surface area (Å²) in [5.74, 6) is 1.11. The summed E-state index contributed by atoms with van der Waals surface area (Å²) in [4.78, 5) is 0. The fourth-order valence-electron chi connectivity index (χ4n) is 4.32. The molecule has 0 aromatic heterocycles. The molecule has 1 heteroatoms. The molecule has 2 saturated heterocycles. The normalized spacial score (nSPS) is 31.9. The van der Waals surface area contributed by atoms with Crippen LogP contribution in [0.5, 0.6) is 0 Å². The molecule has 0 radical (unpaired) electrons. The minimum Gasteiger partial charge on any atom is -0.103 e. The molecule has 2 heterocycles. The molecule has 0 N–H and O–H groups in total. The van der Waals surface area contributed by atoms with Crippen molar-refractivity contribution in [3.63, 3.8) is 0 Å². The van der Waals surface area contributed by atoms with Crippen LogP contribution in [0.1, 0.15) is 77.0 Å². The van der Waals surface area contributed by atoms with Gasteiger partial charge in [0.15, 0.2) is 0 Å². The molecule has 0 saturated carbocycles. The van der Waals surface area contributed by atoms with Crippen LogP contribution in [0.15, 0.2) is 12.7 Å². The Balaban J connectivity index is 1.65. The lowest BCUT2D eigenvalue weighted by Gasteiger charge is -2.44. The van der Waals surface area contributed by atoms with Crippen LogP contribution in [-0.2, 0) is 0 Å². The lowest BCUT2D eigenvalue weighted by atomic mass is 9.35. The molecule has 2 rings (SSSR count). The standard InChI is InChI=1S/C16H29B/c1-2-3-4-5-6-7-12-16-13-8-10-15(17-16)11-9-14-16/h2,15,17H,1,3-14H2. The van der Waals surface area contributed by atoms with E-state index in [2.05, 4.69) is 12.7 Å². The largest absolute Gasteiger partial charge is 0.131 e. The van der Waals surface area contributed by atoms with E-state index in [0.717, 1.165) is 11.1 Å². The molecular weight excluding hydrogens is 203 g/mol. The number of unbranched alkanes of at least 4 members (excludes halogenated alkanes) is 4. The average molecular weight is 232 g/mol. The van der Waals surface area contributed by atoms with E-state index >= 15 is 0 Å². The molecule has 0 nitrogen and oxygen atoms in total. The topological polar surface area (TPSA) is 0 Å². The third-order valence-electron chi connectivity index (χ3n) is 5.23. The van der Waals surface area contributed by atoms with Gasteiger partial charge in [0, 0.05) is 0 Å². The summed E-state index contributed by atoms with van der Waals surface area (Å²) in [6.45, 7) is 3.79. The van der Waals surface area contributed by atoms with Crippen LogP contribution in [0.25, 0.3) is 0 Å². The molecule has 2 fully saturated rings. The fourth-order valence-corrected chi connectivity index (χ4v) is 4.32. The maximum atomic E-state index is 3.79. The van der Waals surface area contributed by atoms with Gasteiger partial charge in [-0.3, -0.25) is 0 Å². The molecule has 96 valence electrons. The SMILES string of the molecule is C=CCCCCCCC12BC(CCC1)CCC2. The molecule has 2 bridgehead atoms. The highest BCUT2D eigenvalue weighted by molar-refractivity contribution is 6.42. The number of hydrogen-bond donors (Lipinski definition) is 0. The Kier molecular flexibility index (Phi) is 5.19. The van der Waals surface area contributed by atoms with Crippen LogP contribution in [0, 0.1) is 0 Å². The quantitative estimate of drug-likeness (QED) is 0.319. The van der Waals surface area contributed by atoms with Crippen LogP contribution in [-0.4, -0.2) is 7.28 Å². The van der Waals surface area contributed by atoms with Gasteiger partial charge in [0.2, 0.25) is 0 Å². The maximum absolute atomic E-state index is 3.79. The van der Waals surface area contributed by atoms with Gasteiger partial charge in [0.25, 0.3) is 0 Å². The summed E-state index contributed by atoms with van der Waals surface area (Å²) < 4.78 is 0. The van der Waals surface area contributed by atoms with Gasteiger partial charge in [-0.25, -0.2) is 0 Å². The van der Waals surface area contributed by atoms with Crippen molar-refractivity contribution in [2.75, 3.05) is 0 Å². The Morgan fingerprint density at radius 2 is 1.76 bits per heavy atom. The van der Waals surface area contributed by atoms with Crippen molar-refractivity contribution in [1.82, 2.24) is 0 Å². The first-order valence-corrected chi connectivity index (χ1v) is 7.96. The molecule has 0 aromatic rings. The Labute approximate surface area is 108 Å². The first-order valence-electron chi connectivity index (χ1n) is 7.96. The van der Waals surface area contributed by atoms with Crippen LogP contribution in [0.3, 0.4) is 0 Å². The Morgan fingerprint density at radius 1 is 1.06 bits per heavy atom. The number of allylic oxidation sites excluding steroid dienone is 1. The minimum absolute atomic E-state index is 0.805. The smallest absolute Gasteiger partial charge is 0.103 e. The zero-order valence-electron chi connectivity index (χ0n) is 11.6. The molecule has 17 heavy (non-hydrogen) atoms. The van der Waals surface area contributed by atoms with E-state index in [0.29, 0.717) is 0 Å². The molecule has 0 unspecified atom stereocenters. The molecule has 0 amide bonds. The summed E-state index contributed by atoms with van der Waals surface area (Å²) in [5.41, 5.74) is 0. The predicted octanol–water partition coefficient (Wildman–Crippen LogP) is 5.26. The molecule has 0 atom stereocenters. The van der Waals surface area contributed by atoms with Crippen LogP contribution >= 0.6 is 0 Å². The van der Waals surface area contributed by atoms with Gasteiger partial charge in [-0.1, -0.05) is 81.4 Å².